The molecule has 0 bridgehead atoms. The van der Waals surface area contributed by atoms with Gasteiger partial charge in [-0.25, -0.2) is 4.79 Å². The Morgan fingerprint density at radius 2 is 1.30 bits per heavy atom. The molecular formula is C24H40O3. The molecule has 0 saturated heterocycles. The third-order valence-corrected chi connectivity index (χ3v) is 5.14. The Labute approximate surface area is 166 Å². The second-order valence-corrected chi connectivity index (χ2v) is 7.65. The van der Waals surface area contributed by atoms with E-state index in [4.69, 9.17) is 4.74 Å². The summed E-state index contributed by atoms with van der Waals surface area (Å²) in [6.07, 6.45) is 16.8. The highest BCUT2D eigenvalue weighted by atomic mass is 16.5. The van der Waals surface area contributed by atoms with Gasteiger partial charge in [0.05, 0.1) is 6.61 Å². The third kappa shape index (κ3) is 13.5. The average molecular weight is 377 g/mol. The predicted octanol–water partition coefficient (Wildman–Crippen LogP) is 7.14. The lowest BCUT2D eigenvalue weighted by atomic mass is 10.0. The smallest absolute Gasteiger partial charge is 0.332 e. The highest BCUT2D eigenvalue weighted by molar-refractivity contribution is 5.72. The minimum Gasteiger partial charge on any atom is -0.479 e. The van der Waals surface area contributed by atoms with Gasteiger partial charge in [0.15, 0.2) is 6.10 Å². The van der Waals surface area contributed by atoms with Crippen molar-refractivity contribution in [2.45, 2.75) is 110 Å². The fraction of sp³-hybridized carbons (Fsp3) is 0.708. The molecule has 0 fully saturated rings. The zero-order chi connectivity index (χ0) is 19.6. The van der Waals surface area contributed by atoms with Crippen molar-refractivity contribution in [3.8, 4) is 0 Å². The quantitative estimate of drug-likeness (QED) is 0.277. The number of carboxylic acid groups (broad SMARTS) is 1. The van der Waals surface area contributed by atoms with E-state index in [9.17, 15) is 9.90 Å². The first-order chi connectivity index (χ1) is 13.2. The van der Waals surface area contributed by atoms with Crippen LogP contribution in [0.3, 0.4) is 0 Å². The Bertz CT molecular complexity index is 458. The van der Waals surface area contributed by atoms with Gasteiger partial charge in [-0.2, -0.15) is 0 Å². The van der Waals surface area contributed by atoms with E-state index in [0.717, 1.165) is 18.4 Å². The number of carbonyl (C=O) groups is 1. The number of unbranched alkanes of at least 4 members (excludes halogenated alkanes) is 12. The second-order valence-electron chi connectivity index (χ2n) is 7.65. The maximum Gasteiger partial charge on any atom is 0.332 e. The molecule has 0 amide bonds. The van der Waals surface area contributed by atoms with E-state index in [1.54, 1.807) is 0 Å². The molecule has 154 valence electrons. The summed E-state index contributed by atoms with van der Waals surface area (Å²) in [5.41, 5.74) is 1.02. The molecule has 0 radical (unpaired) electrons. The van der Waals surface area contributed by atoms with Crippen LogP contribution < -0.4 is 0 Å². The first-order valence-corrected chi connectivity index (χ1v) is 11.1. The number of carboxylic acids is 1. The Kier molecular flexibility index (Phi) is 14.7. The molecule has 3 nitrogen and oxygen atoms in total. The first kappa shape index (κ1) is 23.7. The Balaban J connectivity index is 1.95. The highest BCUT2D eigenvalue weighted by Crippen LogP contribution is 2.15. The lowest BCUT2D eigenvalue weighted by Crippen LogP contribution is -2.23. The number of ether oxygens (including phenoxy) is 1. The number of rotatable bonds is 18. The van der Waals surface area contributed by atoms with Crippen molar-refractivity contribution in [2.24, 2.45) is 0 Å². The average Bonchev–Trinajstić information content (AvgIpc) is 2.68. The number of hydrogen-bond acceptors (Lipinski definition) is 2. The molecule has 1 unspecified atom stereocenters. The number of aliphatic carboxylic acids is 1. The van der Waals surface area contributed by atoms with Crippen LogP contribution in [0.4, 0.5) is 0 Å². The molecule has 1 aromatic carbocycles. The first-order valence-electron chi connectivity index (χ1n) is 11.1. The van der Waals surface area contributed by atoms with Crippen LogP contribution in [0.2, 0.25) is 0 Å². The van der Waals surface area contributed by atoms with E-state index < -0.39 is 12.1 Å². The number of hydrogen-bond donors (Lipinski definition) is 1. The zero-order valence-electron chi connectivity index (χ0n) is 17.3. The van der Waals surface area contributed by atoms with Crippen molar-refractivity contribution in [1.29, 1.82) is 0 Å². The van der Waals surface area contributed by atoms with Gasteiger partial charge in [-0.3, -0.25) is 0 Å². The molecule has 1 rings (SSSR count). The van der Waals surface area contributed by atoms with Gasteiger partial charge >= 0.3 is 5.97 Å². The van der Waals surface area contributed by atoms with E-state index in [-0.39, 0.29) is 0 Å². The van der Waals surface area contributed by atoms with Crippen molar-refractivity contribution in [3.05, 3.63) is 35.9 Å². The summed E-state index contributed by atoms with van der Waals surface area (Å²) in [4.78, 5) is 11.3. The molecule has 0 aliphatic carbocycles. The van der Waals surface area contributed by atoms with Crippen LogP contribution >= 0.6 is 0 Å². The van der Waals surface area contributed by atoms with Crippen LogP contribution in [0.1, 0.15) is 102 Å². The van der Waals surface area contributed by atoms with Crippen molar-refractivity contribution in [3.63, 3.8) is 0 Å². The van der Waals surface area contributed by atoms with Crippen LogP contribution in [0.25, 0.3) is 0 Å². The molecule has 0 heterocycles. The minimum atomic E-state index is -0.843. The molecule has 1 atom stereocenters. The van der Waals surface area contributed by atoms with Gasteiger partial charge in [0, 0.05) is 0 Å². The van der Waals surface area contributed by atoms with E-state index in [2.05, 4.69) is 6.92 Å². The van der Waals surface area contributed by atoms with E-state index in [1.807, 2.05) is 30.3 Å². The van der Waals surface area contributed by atoms with E-state index >= 15 is 0 Å². The van der Waals surface area contributed by atoms with E-state index in [0.29, 0.717) is 13.0 Å². The molecule has 0 aliphatic heterocycles. The largest absolute Gasteiger partial charge is 0.479 e. The Hall–Kier alpha value is -1.35. The van der Waals surface area contributed by atoms with Crippen LogP contribution in [0, 0.1) is 0 Å². The zero-order valence-corrected chi connectivity index (χ0v) is 17.3. The van der Waals surface area contributed by atoms with Gasteiger partial charge < -0.3 is 9.84 Å². The molecule has 0 aliphatic rings. The lowest BCUT2D eigenvalue weighted by Gasteiger charge is -2.13. The lowest BCUT2D eigenvalue weighted by molar-refractivity contribution is -0.151. The molecule has 0 saturated carbocycles. The number of benzene rings is 1. The molecular weight excluding hydrogens is 336 g/mol. The second kappa shape index (κ2) is 16.8. The van der Waals surface area contributed by atoms with Gasteiger partial charge in [0.1, 0.15) is 0 Å². The van der Waals surface area contributed by atoms with Gasteiger partial charge in [0.25, 0.3) is 0 Å². The minimum absolute atomic E-state index is 0.371. The van der Waals surface area contributed by atoms with E-state index in [1.165, 1.54) is 70.6 Å². The standard InChI is InChI=1S/C24H40O3/c1-2-3-4-5-6-7-8-9-10-11-12-13-17-20-23(24(25)26)27-21-22-18-15-14-16-19-22/h14-16,18-19,23H,2-13,17,20-21H2,1H3,(H,25,26). The molecule has 0 spiro atoms. The molecule has 0 aromatic heterocycles. The fourth-order valence-corrected chi connectivity index (χ4v) is 3.40. The maximum absolute atomic E-state index is 11.3. The fourth-order valence-electron chi connectivity index (χ4n) is 3.40. The molecule has 1 N–H and O–H groups in total. The van der Waals surface area contributed by atoms with Gasteiger partial charge in [0.2, 0.25) is 0 Å². The highest BCUT2D eigenvalue weighted by Gasteiger charge is 2.17. The van der Waals surface area contributed by atoms with Crippen LogP contribution in [0.5, 0.6) is 0 Å². The van der Waals surface area contributed by atoms with Gasteiger partial charge in [-0.15, -0.1) is 0 Å². The molecule has 3 heteroatoms. The summed E-state index contributed by atoms with van der Waals surface area (Å²) in [6.45, 7) is 2.63. The van der Waals surface area contributed by atoms with Gasteiger partial charge in [-0.05, 0) is 12.0 Å². The van der Waals surface area contributed by atoms with Crippen LogP contribution in [-0.4, -0.2) is 17.2 Å². The van der Waals surface area contributed by atoms with Gasteiger partial charge in [-0.1, -0.05) is 121 Å². The molecule has 27 heavy (non-hydrogen) atoms. The van der Waals surface area contributed by atoms with Crippen molar-refractivity contribution in [1.82, 2.24) is 0 Å². The maximum atomic E-state index is 11.3. The van der Waals surface area contributed by atoms with Crippen LogP contribution in [-0.2, 0) is 16.1 Å². The van der Waals surface area contributed by atoms with Crippen LogP contribution in [0.15, 0.2) is 30.3 Å². The van der Waals surface area contributed by atoms with Crippen molar-refractivity contribution in [2.75, 3.05) is 0 Å². The Morgan fingerprint density at radius 3 is 1.78 bits per heavy atom. The summed E-state index contributed by atoms with van der Waals surface area (Å²) in [5, 5.41) is 9.32. The topological polar surface area (TPSA) is 46.5 Å². The van der Waals surface area contributed by atoms with Crippen molar-refractivity contribution >= 4 is 5.97 Å². The summed E-state index contributed by atoms with van der Waals surface area (Å²) < 4.78 is 5.60. The summed E-state index contributed by atoms with van der Waals surface area (Å²) in [5.74, 6) is -0.843. The SMILES string of the molecule is CCCCCCCCCCCCCCCC(OCc1ccccc1)C(=O)O. The monoisotopic (exact) mass is 376 g/mol. The van der Waals surface area contributed by atoms with Crippen molar-refractivity contribution < 1.29 is 14.6 Å². The summed E-state index contributed by atoms with van der Waals surface area (Å²) >= 11 is 0. The molecule has 1 aromatic rings. The Morgan fingerprint density at radius 1 is 0.815 bits per heavy atom. The third-order valence-electron chi connectivity index (χ3n) is 5.14. The predicted molar refractivity (Wildman–Crippen MR) is 113 cm³/mol. The summed E-state index contributed by atoms with van der Waals surface area (Å²) in [7, 11) is 0. The normalized spacial score (nSPS) is 12.2. The summed E-state index contributed by atoms with van der Waals surface area (Å²) in [6, 6.07) is 9.77.